The summed E-state index contributed by atoms with van der Waals surface area (Å²) in [6, 6.07) is 4.76. The molecule has 0 saturated carbocycles. The highest BCUT2D eigenvalue weighted by Gasteiger charge is 2.20. The molecule has 0 aliphatic rings. The van der Waals surface area contributed by atoms with E-state index in [1.165, 1.54) is 12.1 Å². The third-order valence-electron chi connectivity index (χ3n) is 3.44. The van der Waals surface area contributed by atoms with E-state index < -0.39 is 0 Å². The molecule has 0 aliphatic carbocycles. The first kappa shape index (κ1) is 14.8. The van der Waals surface area contributed by atoms with E-state index in [2.05, 4.69) is 18.8 Å². The van der Waals surface area contributed by atoms with E-state index in [0.717, 1.165) is 47.3 Å². The molecule has 0 fully saturated rings. The Hall–Kier alpha value is -1.61. The number of hydrogen-bond donors (Lipinski definition) is 1. The normalized spacial score (nSPS) is 12.8. The Morgan fingerprint density at radius 2 is 2.20 bits per heavy atom. The molecule has 0 spiro atoms. The molecule has 1 aromatic heterocycles. The van der Waals surface area contributed by atoms with Gasteiger partial charge < -0.3 is 9.73 Å². The van der Waals surface area contributed by atoms with Gasteiger partial charge in [0.05, 0.1) is 6.04 Å². The van der Waals surface area contributed by atoms with Crippen LogP contribution < -0.4 is 5.32 Å². The standard InChI is InChI=1S/C17H22FNO/c1-5-8-19-15(9-11(2)3)17-12(4)14-10-13(18)6-7-16(14)20-17/h6-7,10,15,19H,2,5,8-9H2,1,3-4H3. The molecule has 1 atom stereocenters. The summed E-state index contributed by atoms with van der Waals surface area (Å²) in [4.78, 5) is 0. The lowest BCUT2D eigenvalue weighted by Crippen LogP contribution is -2.22. The van der Waals surface area contributed by atoms with Crippen molar-refractivity contribution in [2.75, 3.05) is 6.54 Å². The van der Waals surface area contributed by atoms with Crippen molar-refractivity contribution in [3.8, 4) is 0 Å². The van der Waals surface area contributed by atoms with Crippen LogP contribution >= 0.6 is 0 Å². The van der Waals surface area contributed by atoms with Crippen molar-refractivity contribution in [1.29, 1.82) is 0 Å². The number of aryl methyl sites for hydroxylation is 1. The Balaban J connectivity index is 2.41. The highest BCUT2D eigenvalue weighted by atomic mass is 19.1. The summed E-state index contributed by atoms with van der Waals surface area (Å²) < 4.78 is 19.3. The Labute approximate surface area is 119 Å². The van der Waals surface area contributed by atoms with Crippen LogP contribution in [0, 0.1) is 12.7 Å². The van der Waals surface area contributed by atoms with Gasteiger partial charge in [-0.15, -0.1) is 6.58 Å². The van der Waals surface area contributed by atoms with Crippen molar-refractivity contribution < 1.29 is 8.81 Å². The van der Waals surface area contributed by atoms with Gasteiger partial charge in [0, 0.05) is 10.9 Å². The van der Waals surface area contributed by atoms with Gasteiger partial charge in [-0.05, 0) is 51.4 Å². The van der Waals surface area contributed by atoms with Crippen molar-refractivity contribution in [2.45, 2.75) is 39.7 Å². The average Bonchev–Trinajstić information content (AvgIpc) is 2.71. The van der Waals surface area contributed by atoms with E-state index in [-0.39, 0.29) is 11.9 Å². The van der Waals surface area contributed by atoms with Gasteiger partial charge >= 0.3 is 0 Å². The molecule has 3 heteroatoms. The maximum atomic E-state index is 13.4. The lowest BCUT2D eigenvalue weighted by atomic mass is 10.0. The predicted octanol–water partition coefficient (Wildman–Crippen LogP) is 4.89. The molecule has 1 aromatic carbocycles. The Morgan fingerprint density at radius 1 is 1.45 bits per heavy atom. The van der Waals surface area contributed by atoms with Gasteiger partial charge in [-0.2, -0.15) is 0 Å². The van der Waals surface area contributed by atoms with Gasteiger partial charge in [0.15, 0.2) is 0 Å². The van der Waals surface area contributed by atoms with Crippen LogP contribution in [0.3, 0.4) is 0 Å². The maximum absolute atomic E-state index is 13.4. The van der Waals surface area contributed by atoms with E-state index in [4.69, 9.17) is 4.42 Å². The van der Waals surface area contributed by atoms with Crippen LogP contribution in [0.5, 0.6) is 0 Å². The first-order valence-corrected chi connectivity index (χ1v) is 7.09. The minimum absolute atomic E-state index is 0.0999. The van der Waals surface area contributed by atoms with Crippen LogP contribution in [-0.2, 0) is 0 Å². The fraction of sp³-hybridized carbons (Fsp3) is 0.412. The van der Waals surface area contributed by atoms with Crippen LogP contribution in [0.15, 0.2) is 34.8 Å². The number of benzene rings is 1. The topological polar surface area (TPSA) is 25.2 Å². The molecule has 20 heavy (non-hydrogen) atoms. The summed E-state index contributed by atoms with van der Waals surface area (Å²) in [5, 5.41) is 4.34. The summed E-state index contributed by atoms with van der Waals surface area (Å²) >= 11 is 0. The van der Waals surface area contributed by atoms with Crippen LogP contribution in [0.1, 0.15) is 44.1 Å². The van der Waals surface area contributed by atoms with Crippen molar-refractivity contribution in [2.24, 2.45) is 0 Å². The first-order valence-electron chi connectivity index (χ1n) is 7.09. The number of nitrogens with one attached hydrogen (secondary N) is 1. The molecule has 2 nitrogen and oxygen atoms in total. The molecule has 1 N–H and O–H groups in total. The second-order valence-corrected chi connectivity index (χ2v) is 5.40. The van der Waals surface area contributed by atoms with E-state index in [1.54, 1.807) is 6.07 Å². The summed E-state index contributed by atoms with van der Waals surface area (Å²) in [5.74, 6) is 0.660. The number of fused-ring (bicyclic) bond motifs is 1. The van der Waals surface area contributed by atoms with Gasteiger partial charge in [0.1, 0.15) is 17.2 Å². The van der Waals surface area contributed by atoms with Gasteiger partial charge in [-0.25, -0.2) is 4.39 Å². The van der Waals surface area contributed by atoms with Gasteiger partial charge in [-0.3, -0.25) is 0 Å². The van der Waals surface area contributed by atoms with Gasteiger partial charge in [0.25, 0.3) is 0 Å². The van der Waals surface area contributed by atoms with Crippen molar-refractivity contribution in [1.82, 2.24) is 5.32 Å². The molecular formula is C17H22FNO. The second-order valence-electron chi connectivity index (χ2n) is 5.40. The number of hydrogen-bond acceptors (Lipinski definition) is 2. The Bertz CT molecular complexity index is 615. The maximum Gasteiger partial charge on any atom is 0.134 e. The fourth-order valence-electron chi connectivity index (χ4n) is 2.47. The van der Waals surface area contributed by atoms with Crippen molar-refractivity contribution >= 4 is 11.0 Å². The molecule has 2 rings (SSSR count). The molecule has 0 bridgehead atoms. The lowest BCUT2D eigenvalue weighted by molar-refractivity contribution is 0.424. The summed E-state index contributed by atoms with van der Waals surface area (Å²) in [6.07, 6.45) is 1.88. The second kappa shape index (κ2) is 6.23. The fourth-order valence-corrected chi connectivity index (χ4v) is 2.47. The van der Waals surface area contributed by atoms with E-state index in [0.29, 0.717) is 0 Å². The van der Waals surface area contributed by atoms with Crippen LogP contribution in [0.2, 0.25) is 0 Å². The Morgan fingerprint density at radius 3 is 2.85 bits per heavy atom. The van der Waals surface area contributed by atoms with E-state index in [1.807, 2.05) is 13.8 Å². The summed E-state index contributed by atoms with van der Waals surface area (Å²) in [5.41, 5.74) is 2.85. The molecule has 1 unspecified atom stereocenters. The smallest absolute Gasteiger partial charge is 0.134 e. The van der Waals surface area contributed by atoms with Gasteiger partial charge in [-0.1, -0.05) is 12.5 Å². The molecule has 0 radical (unpaired) electrons. The zero-order chi connectivity index (χ0) is 14.7. The predicted molar refractivity (Wildman–Crippen MR) is 81.4 cm³/mol. The monoisotopic (exact) mass is 275 g/mol. The van der Waals surface area contributed by atoms with Crippen molar-refractivity contribution in [3.05, 3.63) is 47.5 Å². The molecule has 108 valence electrons. The zero-order valence-electron chi connectivity index (χ0n) is 12.4. The molecule has 0 amide bonds. The highest BCUT2D eigenvalue weighted by Crippen LogP contribution is 2.32. The zero-order valence-corrected chi connectivity index (χ0v) is 12.4. The van der Waals surface area contributed by atoms with E-state index >= 15 is 0 Å². The molecule has 0 aliphatic heterocycles. The average molecular weight is 275 g/mol. The Kier molecular flexibility index (Phi) is 4.61. The molecule has 1 heterocycles. The summed E-state index contributed by atoms with van der Waals surface area (Å²) in [7, 11) is 0. The minimum atomic E-state index is -0.231. The minimum Gasteiger partial charge on any atom is -0.459 e. The van der Waals surface area contributed by atoms with Crippen molar-refractivity contribution in [3.63, 3.8) is 0 Å². The van der Waals surface area contributed by atoms with Crippen LogP contribution in [0.25, 0.3) is 11.0 Å². The van der Waals surface area contributed by atoms with Crippen LogP contribution in [0.4, 0.5) is 4.39 Å². The van der Waals surface area contributed by atoms with Gasteiger partial charge in [0.2, 0.25) is 0 Å². The molecule has 2 aromatic rings. The summed E-state index contributed by atoms with van der Waals surface area (Å²) in [6.45, 7) is 11.0. The largest absolute Gasteiger partial charge is 0.459 e. The number of furan rings is 1. The highest BCUT2D eigenvalue weighted by molar-refractivity contribution is 5.82. The SMILES string of the molecule is C=C(C)CC(NCCC)c1oc2ccc(F)cc2c1C. The van der Waals surface area contributed by atoms with E-state index in [9.17, 15) is 4.39 Å². The third kappa shape index (κ3) is 3.10. The number of halogens is 1. The molecule has 0 saturated heterocycles. The quantitative estimate of drug-likeness (QED) is 0.759. The number of rotatable bonds is 6. The third-order valence-corrected chi connectivity index (χ3v) is 3.44. The first-order chi connectivity index (χ1) is 9.52. The van der Waals surface area contributed by atoms with Crippen LogP contribution in [-0.4, -0.2) is 6.54 Å². The molecular weight excluding hydrogens is 253 g/mol. The lowest BCUT2D eigenvalue weighted by Gasteiger charge is -2.17.